The molecule has 4 nitrogen and oxygen atoms in total. The van der Waals surface area contributed by atoms with E-state index in [1.165, 1.54) is 5.56 Å². The van der Waals surface area contributed by atoms with Gasteiger partial charge in [0.1, 0.15) is 0 Å². The van der Waals surface area contributed by atoms with Crippen molar-refractivity contribution in [1.82, 2.24) is 9.55 Å². The van der Waals surface area contributed by atoms with Gasteiger partial charge in [-0.3, -0.25) is 4.57 Å². The molecule has 15 heavy (non-hydrogen) atoms. The molecule has 1 aromatic heterocycles. The SMILES string of the molecule is CC1Nc2nc(O)cn2-c2ccccc21. The van der Waals surface area contributed by atoms with Crippen LogP contribution in [0.3, 0.4) is 0 Å². The van der Waals surface area contributed by atoms with Gasteiger partial charge in [-0.15, -0.1) is 0 Å². The van der Waals surface area contributed by atoms with Gasteiger partial charge in [0.05, 0.1) is 17.9 Å². The minimum Gasteiger partial charge on any atom is -0.492 e. The van der Waals surface area contributed by atoms with Gasteiger partial charge in [-0.1, -0.05) is 18.2 Å². The second-order valence-electron chi connectivity index (χ2n) is 3.72. The molecule has 1 aromatic carbocycles. The summed E-state index contributed by atoms with van der Waals surface area (Å²) in [4.78, 5) is 4.01. The van der Waals surface area contributed by atoms with Crippen LogP contribution < -0.4 is 5.32 Å². The predicted molar refractivity (Wildman–Crippen MR) is 57.3 cm³/mol. The van der Waals surface area contributed by atoms with E-state index in [2.05, 4.69) is 23.3 Å². The Balaban J connectivity index is 2.29. The molecule has 0 aliphatic carbocycles. The third kappa shape index (κ3) is 1.11. The van der Waals surface area contributed by atoms with E-state index in [1.54, 1.807) is 6.20 Å². The maximum atomic E-state index is 9.36. The lowest BCUT2D eigenvalue weighted by molar-refractivity contribution is 0.456. The predicted octanol–water partition coefficient (Wildman–Crippen LogP) is 2.06. The lowest BCUT2D eigenvalue weighted by Gasteiger charge is -2.25. The highest BCUT2D eigenvalue weighted by Crippen LogP contribution is 2.33. The maximum Gasteiger partial charge on any atom is 0.231 e. The van der Waals surface area contributed by atoms with Crippen molar-refractivity contribution >= 4 is 5.95 Å². The fraction of sp³-hybridized carbons (Fsp3) is 0.182. The Kier molecular flexibility index (Phi) is 1.54. The number of benzene rings is 1. The van der Waals surface area contributed by atoms with E-state index in [0.717, 1.165) is 5.69 Å². The molecule has 0 fully saturated rings. The van der Waals surface area contributed by atoms with Crippen molar-refractivity contribution in [3.63, 3.8) is 0 Å². The molecule has 0 saturated heterocycles. The Hall–Kier alpha value is -1.97. The minimum absolute atomic E-state index is 0.0430. The molecule has 0 spiro atoms. The molecule has 1 atom stereocenters. The molecule has 0 amide bonds. The molecule has 0 bridgehead atoms. The number of hydrogen-bond acceptors (Lipinski definition) is 3. The maximum absolute atomic E-state index is 9.36. The Morgan fingerprint density at radius 1 is 1.40 bits per heavy atom. The van der Waals surface area contributed by atoms with Gasteiger partial charge in [-0.2, -0.15) is 4.98 Å². The van der Waals surface area contributed by atoms with Gasteiger partial charge in [0, 0.05) is 0 Å². The molecule has 1 aliphatic rings. The van der Waals surface area contributed by atoms with Crippen LogP contribution in [0.2, 0.25) is 0 Å². The van der Waals surface area contributed by atoms with Crippen molar-refractivity contribution in [3.05, 3.63) is 36.0 Å². The van der Waals surface area contributed by atoms with Crippen LogP contribution in [-0.2, 0) is 0 Å². The van der Waals surface area contributed by atoms with Crippen LogP contribution in [-0.4, -0.2) is 14.7 Å². The summed E-state index contributed by atoms with van der Waals surface area (Å²) in [6.07, 6.45) is 1.62. The summed E-state index contributed by atoms with van der Waals surface area (Å²) in [6.45, 7) is 2.08. The lowest BCUT2D eigenvalue weighted by Crippen LogP contribution is -2.18. The van der Waals surface area contributed by atoms with Crippen LogP contribution in [0.4, 0.5) is 5.95 Å². The Morgan fingerprint density at radius 2 is 2.20 bits per heavy atom. The van der Waals surface area contributed by atoms with Crippen LogP contribution in [0.15, 0.2) is 30.5 Å². The molecule has 4 heteroatoms. The van der Waals surface area contributed by atoms with Gasteiger partial charge in [-0.25, -0.2) is 0 Å². The van der Waals surface area contributed by atoms with E-state index in [4.69, 9.17) is 0 Å². The van der Waals surface area contributed by atoms with Crippen LogP contribution in [0.1, 0.15) is 18.5 Å². The Bertz CT molecular complexity index is 518. The highest BCUT2D eigenvalue weighted by molar-refractivity contribution is 5.55. The third-order valence-electron chi connectivity index (χ3n) is 2.70. The van der Waals surface area contributed by atoms with E-state index < -0.39 is 0 Å². The van der Waals surface area contributed by atoms with Crippen LogP contribution in [0.5, 0.6) is 5.88 Å². The third-order valence-corrected chi connectivity index (χ3v) is 2.70. The number of anilines is 1. The number of imidazole rings is 1. The van der Waals surface area contributed by atoms with E-state index in [-0.39, 0.29) is 11.9 Å². The molecular formula is C11H11N3O. The Morgan fingerprint density at radius 3 is 3.07 bits per heavy atom. The average molecular weight is 201 g/mol. The molecule has 0 saturated carbocycles. The van der Waals surface area contributed by atoms with Crippen molar-refractivity contribution in [3.8, 4) is 11.6 Å². The molecular weight excluding hydrogens is 190 g/mol. The number of nitrogens with one attached hydrogen (secondary N) is 1. The van der Waals surface area contributed by atoms with E-state index in [1.807, 2.05) is 22.8 Å². The van der Waals surface area contributed by atoms with Gasteiger partial charge in [0.25, 0.3) is 0 Å². The highest BCUT2D eigenvalue weighted by Gasteiger charge is 2.21. The van der Waals surface area contributed by atoms with Gasteiger partial charge in [0.15, 0.2) is 0 Å². The molecule has 3 rings (SSSR count). The lowest BCUT2D eigenvalue weighted by atomic mass is 10.0. The molecule has 2 N–H and O–H groups in total. The summed E-state index contributed by atoms with van der Waals surface area (Å²) in [7, 11) is 0. The van der Waals surface area contributed by atoms with Gasteiger partial charge >= 0.3 is 0 Å². The van der Waals surface area contributed by atoms with Crippen molar-refractivity contribution in [2.24, 2.45) is 0 Å². The van der Waals surface area contributed by atoms with Crippen molar-refractivity contribution in [1.29, 1.82) is 0 Å². The summed E-state index contributed by atoms with van der Waals surface area (Å²) >= 11 is 0. The standard InChI is InChI=1S/C11H11N3O/c1-7-8-4-2-3-5-9(8)14-6-10(15)13-11(14)12-7/h2-7,15H,1H3,(H,12,13). The van der Waals surface area contributed by atoms with Gasteiger partial charge in [0.2, 0.25) is 11.8 Å². The first-order valence-electron chi connectivity index (χ1n) is 4.90. The zero-order valence-corrected chi connectivity index (χ0v) is 8.31. The Labute approximate surface area is 87.2 Å². The number of aromatic hydroxyl groups is 1. The molecule has 2 heterocycles. The van der Waals surface area contributed by atoms with E-state index in [0.29, 0.717) is 5.95 Å². The van der Waals surface area contributed by atoms with Gasteiger partial charge in [-0.05, 0) is 18.6 Å². The van der Waals surface area contributed by atoms with Crippen LogP contribution in [0.25, 0.3) is 5.69 Å². The van der Waals surface area contributed by atoms with Crippen molar-refractivity contribution in [2.45, 2.75) is 13.0 Å². The summed E-state index contributed by atoms with van der Waals surface area (Å²) in [5.74, 6) is 0.736. The van der Waals surface area contributed by atoms with Crippen LogP contribution in [0, 0.1) is 0 Å². The van der Waals surface area contributed by atoms with Crippen molar-refractivity contribution < 1.29 is 5.11 Å². The first-order valence-corrected chi connectivity index (χ1v) is 4.90. The fourth-order valence-corrected chi connectivity index (χ4v) is 2.00. The number of aromatic nitrogens is 2. The average Bonchev–Trinajstić information content (AvgIpc) is 2.59. The fourth-order valence-electron chi connectivity index (χ4n) is 2.00. The second kappa shape index (κ2) is 2.76. The van der Waals surface area contributed by atoms with Crippen molar-refractivity contribution in [2.75, 3.05) is 5.32 Å². The molecule has 1 aliphatic heterocycles. The zero-order chi connectivity index (χ0) is 10.4. The monoisotopic (exact) mass is 201 g/mol. The molecule has 2 aromatic rings. The first kappa shape index (κ1) is 8.35. The molecule has 0 radical (unpaired) electrons. The van der Waals surface area contributed by atoms with E-state index in [9.17, 15) is 5.11 Å². The quantitative estimate of drug-likeness (QED) is 0.686. The molecule has 1 unspecified atom stereocenters. The summed E-state index contributed by atoms with van der Waals surface area (Å²) < 4.78 is 1.87. The molecule has 76 valence electrons. The number of para-hydroxylation sites is 1. The minimum atomic E-state index is 0.0430. The normalized spacial score (nSPS) is 17.8. The number of rotatable bonds is 0. The zero-order valence-electron chi connectivity index (χ0n) is 8.31. The first-order chi connectivity index (χ1) is 7.25. The van der Waals surface area contributed by atoms with Crippen LogP contribution >= 0.6 is 0 Å². The largest absolute Gasteiger partial charge is 0.492 e. The summed E-state index contributed by atoms with van der Waals surface area (Å²) in [5.41, 5.74) is 2.29. The summed E-state index contributed by atoms with van der Waals surface area (Å²) in [5, 5.41) is 12.6. The topological polar surface area (TPSA) is 50.1 Å². The number of hydrogen-bond donors (Lipinski definition) is 2. The smallest absolute Gasteiger partial charge is 0.231 e. The second-order valence-corrected chi connectivity index (χ2v) is 3.72. The summed E-state index contributed by atoms with van der Waals surface area (Å²) in [6, 6.07) is 8.32. The number of nitrogens with zero attached hydrogens (tertiary/aromatic N) is 2. The van der Waals surface area contributed by atoms with Gasteiger partial charge < -0.3 is 10.4 Å². The number of fused-ring (bicyclic) bond motifs is 3. The van der Waals surface area contributed by atoms with E-state index >= 15 is 0 Å². The highest BCUT2D eigenvalue weighted by atomic mass is 16.3.